The van der Waals surface area contributed by atoms with E-state index in [4.69, 9.17) is 4.74 Å². The highest BCUT2D eigenvalue weighted by atomic mass is 16.5. The summed E-state index contributed by atoms with van der Waals surface area (Å²) in [5.41, 5.74) is 0.900. The first kappa shape index (κ1) is 13.2. The Morgan fingerprint density at radius 1 is 0.905 bits per heavy atom. The van der Waals surface area contributed by atoms with Gasteiger partial charge < -0.3 is 9.15 Å². The van der Waals surface area contributed by atoms with Crippen molar-refractivity contribution < 1.29 is 9.15 Å². The molecule has 0 bridgehead atoms. The maximum Gasteiger partial charge on any atom is 0.343 e. The number of ether oxygens (including phenoxy) is 1. The second-order valence-electron chi connectivity index (χ2n) is 4.55. The second-order valence-corrected chi connectivity index (χ2v) is 4.55. The maximum atomic E-state index is 11.0. The van der Waals surface area contributed by atoms with E-state index >= 15 is 0 Å². The molecular formula is C18H14O3. The second kappa shape index (κ2) is 6.09. The number of fused-ring (bicyclic) bond motifs is 2. The standard InChI is InChI=1S/C9H6O2.C9H8O/c10-9-8-4-2-1-3-7(8)5-6-11-9;1-2-6-9-8(4-1)5-3-7-10-9/h1-6H;1-6H,7H2. The molecule has 1 aliphatic rings. The molecule has 3 heteroatoms. The molecule has 0 aliphatic carbocycles. The van der Waals surface area contributed by atoms with E-state index in [2.05, 4.69) is 10.5 Å². The van der Waals surface area contributed by atoms with Crippen LogP contribution in [0.25, 0.3) is 16.8 Å². The lowest BCUT2D eigenvalue weighted by Gasteiger charge is -2.10. The predicted molar refractivity (Wildman–Crippen MR) is 83.5 cm³/mol. The van der Waals surface area contributed by atoms with Gasteiger partial charge in [0.1, 0.15) is 12.4 Å². The highest BCUT2D eigenvalue weighted by molar-refractivity contribution is 5.80. The van der Waals surface area contributed by atoms with E-state index in [-0.39, 0.29) is 5.63 Å². The summed E-state index contributed by atoms with van der Waals surface area (Å²) < 4.78 is 10.0. The minimum Gasteiger partial charge on any atom is -0.489 e. The fraction of sp³-hybridized carbons (Fsp3) is 0.0556. The Kier molecular flexibility index (Phi) is 3.83. The van der Waals surface area contributed by atoms with Gasteiger partial charge in [0.2, 0.25) is 0 Å². The molecule has 0 atom stereocenters. The Balaban J connectivity index is 0.000000126. The van der Waals surface area contributed by atoms with Crippen LogP contribution in [0.1, 0.15) is 5.56 Å². The van der Waals surface area contributed by atoms with Gasteiger partial charge in [0.25, 0.3) is 0 Å². The number of rotatable bonds is 0. The van der Waals surface area contributed by atoms with Gasteiger partial charge in [0.15, 0.2) is 0 Å². The molecule has 0 unspecified atom stereocenters. The monoisotopic (exact) mass is 278 g/mol. The minimum atomic E-state index is -0.275. The fourth-order valence-corrected chi connectivity index (χ4v) is 2.12. The Labute approximate surface area is 122 Å². The maximum absolute atomic E-state index is 11.0. The van der Waals surface area contributed by atoms with Crippen molar-refractivity contribution in [3.63, 3.8) is 0 Å². The SMILES string of the molecule is C1=Cc2ccccc2OC1.O=c1occc2ccccc12. The van der Waals surface area contributed by atoms with E-state index in [1.54, 1.807) is 12.1 Å². The number of para-hydroxylation sites is 1. The third-order valence-corrected chi connectivity index (χ3v) is 3.15. The van der Waals surface area contributed by atoms with Gasteiger partial charge in [0.05, 0.1) is 11.6 Å². The van der Waals surface area contributed by atoms with Crippen LogP contribution in [0.2, 0.25) is 0 Å². The van der Waals surface area contributed by atoms with Gasteiger partial charge >= 0.3 is 5.63 Å². The number of hydrogen-bond donors (Lipinski definition) is 0. The molecule has 0 fully saturated rings. The van der Waals surface area contributed by atoms with Crippen molar-refractivity contribution in [3.05, 3.63) is 82.9 Å². The molecule has 0 amide bonds. The zero-order valence-corrected chi connectivity index (χ0v) is 11.4. The van der Waals surface area contributed by atoms with E-state index in [1.807, 2.05) is 48.5 Å². The largest absolute Gasteiger partial charge is 0.489 e. The molecule has 2 aromatic carbocycles. The van der Waals surface area contributed by atoms with Gasteiger partial charge in [-0.3, -0.25) is 0 Å². The van der Waals surface area contributed by atoms with Gasteiger partial charge in [-0.25, -0.2) is 4.79 Å². The quantitative estimate of drug-likeness (QED) is 0.626. The summed E-state index contributed by atoms with van der Waals surface area (Å²) in [6.07, 6.45) is 5.51. The van der Waals surface area contributed by atoms with E-state index in [9.17, 15) is 4.79 Å². The van der Waals surface area contributed by atoms with Crippen LogP contribution in [0.5, 0.6) is 5.75 Å². The molecule has 0 spiro atoms. The molecule has 1 aliphatic heterocycles. The van der Waals surface area contributed by atoms with Crippen LogP contribution < -0.4 is 10.4 Å². The first-order valence-corrected chi connectivity index (χ1v) is 6.69. The normalized spacial score (nSPS) is 12.0. The summed E-state index contributed by atoms with van der Waals surface area (Å²) in [6, 6.07) is 17.1. The van der Waals surface area contributed by atoms with Crippen LogP contribution in [-0.2, 0) is 0 Å². The molecule has 2 heterocycles. The zero-order chi connectivity index (χ0) is 14.5. The van der Waals surface area contributed by atoms with Crippen LogP contribution >= 0.6 is 0 Å². The molecule has 0 radical (unpaired) electrons. The third-order valence-electron chi connectivity index (χ3n) is 3.15. The number of benzene rings is 2. The van der Waals surface area contributed by atoms with Crippen molar-refractivity contribution in [1.82, 2.24) is 0 Å². The molecule has 104 valence electrons. The van der Waals surface area contributed by atoms with Crippen molar-refractivity contribution in [2.45, 2.75) is 0 Å². The highest BCUT2D eigenvalue weighted by Crippen LogP contribution is 2.21. The van der Waals surface area contributed by atoms with Crippen LogP contribution in [0.4, 0.5) is 0 Å². The Morgan fingerprint density at radius 2 is 1.71 bits per heavy atom. The molecule has 4 rings (SSSR count). The summed E-state index contributed by atoms with van der Waals surface area (Å²) in [4.78, 5) is 11.0. The molecule has 3 nitrogen and oxygen atoms in total. The van der Waals surface area contributed by atoms with Crippen molar-refractivity contribution in [1.29, 1.82) is 0 Å². The third kappa shape index (κ3) is 3.03. The summed E-state index contributed by atoms with van der Waals surface area (Å²) in [5.74, 6) is 0.991. The van der Waals surface area contributed by atoms with Crippen LogP contribution in [0.3, 0.4) is 0 Å². The lowest BCUT2D eigenvalue weighted by atomic mass is 10.1. The topological polar surface area (TPSA) is 39.4 Å². The Hall–Kier alpha value is -2.81. The first-order chi connectivity index (χ1) is 10.3. The molecule has 0 N–H and O–H groups in total. The Bertz CT molecular complexity index is 825. The molecule has 1 aromatic heterocycles. The van der Waals surface area contributed by atoms with Crippen molar-refractivity contribution in [2.24, 2.45) is 0 Å². The van der Waals surface area contributed by atoms with E-state index in [0.29, 0.717) is 12.0 Å². The van der Waals surface area contributed by atoms with Gasteiger partial charge in [-0.05, 0) is 29.7 Å². The van der Waals surface area contributed by atoms with Crippen molar-refractivity contribution >= 4 is 16.8 Å². The molecule has 21 heavy (non-hydrogen) atoms. The number of hydrogen-bond acceptors (Lipinski definition) is 3. The van der Waals surface area contributed by atoms with Crippen LogP contribution in [0, 0.1) is 0 Å². The predicted octanol–water partition coefficient (Wildman–Crippen LogP) is 3.89. The van der Waals surface area contributed by atoms with Crippen molar-refractivity contribution in [2.75, 3.05) is 6.61 Å². The van der Waals surface area contributed by atoms with Gasteiger partial charge in [-0.2, -0.15) is 0 Å². The fourth-order valence-electron chi connectivity index (χ4n) is 2.12. The van der Waals surface area contributed by atoms with E-state index < -0.39 is 0 Å². The van der Waals surface area contributed by atoms with Gasteiger partial charge in [-0.1, -0.05) is 42.5 Å². The lowest BCUT2D eigenvalue weighted by molar-refractivity contribution is 0.358. The zero-order valence-electron chi connectivity index (χ0n) is 11.4. The molecule has 3 aromatic rings. The Morgan fingerprint density at radius 3 is 2.57 bits per heavy atom. The summed E-state index contributed by atoms with van der Waals surface area (Å²) >= 11 is 0. The van der Waals surface area contributed by atoms with Gasteiger partial charge in [-0.15, -0.1) is 0 Å². The molecular weight excluding hydrogens is 264 g/mol. The highest BCUT2D eigenvalue weighted by Gasteiger charge is 2.01. The van der Waals surface area contributed by atoms with Gasteiger partial charge in [0, 0.05) is 5.56 Å². The average Bonchev–Trinajstić information content (AvgIpc) is 2.56. The summed E-state index contributed by atoms with van der Waals surface area (Å²) in [5, 5.41) is 1.55. The smallest absolute Gasteiger partial charge is 0.343 e. The minimum absolute atomic E-state index is 0.275. The lowest BCUT2D eigenvalue weighted by Crippen LogP contribution is -1.98. The summed E-state index contributed by atoms with van der Waals surface area (Å²) in [6.45, 7) is 0.705. The van der Waals surface area contributed by atoms with E-state index in [0.717, 1.165) is 11.1 Å². The van der Waals surface area contributed by atoms with E-state index in [1.165, 1.54) is 11.8 Å². The van der Waals surface area contributed by atoms with Crippen LogP contribution in [-0.4, -0.2) is 6.61 Å². The van der Waals surface area contributed by atoms with Crippen molar-refractivity contribution in [3.8, 4) is 5.75 Å². The summed E-state index contributed by atoms with van der Waals surface area (Å²) in [7, 11) is 0. The van der Waals surface area contributed by atoms with Crippen LogP contribution in [0.15, 0.2) is 76.1 Å². The average molecular weight is 278 g/mol. The molecule has 0 saturated heterocycles. The first-order valence-electron chi connectivity index (χ1n) is 6.69. The molecule has 0 saturated carbocycles.